The Labute approximate surface area is 143 Å². The van der Waals surface area contributed by atoms with E-state index in [0.717, 1.165) is 50.7 Å². The lowest BCUT2D eigenvalue weighted by molar-refractivity contribution is 0.0707. The molecule has 0 radical (unpaired) electrons. The number of carbonyl (C=O) groups is 1. The third kappa shape index (κ3) is 3.20. The highest BCUT2D eigenvalue weighted by Gasteiger charge is 2.26. The minimum Gasteiger partial charge on any atom is -0.338 e. The van der Waals surface area contributed by atoms with Crippen LogP contribution in [0.3, 0.4) is 0 Å². The molecule has 7 heteroatoms. The molecule has 1 saturated heterocycles. The fourth-order valence-corrected chi connectivity index (χ4v) is 4.80. The Kier molecular flexibility index (Phi) is 4.82. The van der Waals surface area contributed by atoms with Gasteiger partial charge in [-0.2, -0.15) is 0 Å². The highest BCUT2D eigenvalue weighted by Crippen LogP contribution is 2.35. The lowest BCUT2D eigenvalue weighted by atomic mass is 10.1. The number of hydrogen-bond donors (Lipinski definition) is 1. The van der Waals surface area contributed by atoms with E-state index in [1.165, 1.54) is 22.7 Å². The van der Waals surface area contributed by atoms with Crippen LogP contribution in [-0.4, -0.2) is 42.0 Å². The van der Waals surface area contributed by atoms with Crippen molar-refractivity contribution >= 4 is 40.2 Å². The molecule has 0 aliphatic carbocycles. The Balaban J connectivity index is 1.81. The predicted octanol–water partition coefficient (Wildman–Crippen LogP) is 3.66. The topological polar surface area (TPSA) is 45.2 Å². The first-order valence-electron chi connectivity index (χ1n) is 7.27. The van der Waals surface area contributed by atoms with Gasteiger partial charge in [0.2, 0.25) is 0 Å². The number of rotatable bonds is 3. The summed E-state index contributed by atoms with van der Waals surface area (Å²) in [4.78, 5) is 21.0. The molecule has 3 heterocycles. The molecule has 0 aromatic carbocycles. The van der Waals surface area contributed by atoms with E-state index in [0.29, 0.717) is 6.04 Å². The van der Waals surface area contributed by atoms with Gasteiger partial charge in [0.1, 0.15) is 9.88 Å². The molecule has 1 N–H and O–H groups in total. The SMILES string of the molecule is Cc1nc(-c2ccc(Cl)s2)sc1C(=O)N(C)C1CCNCC1. The molecule has 1 fully saturated rings. The molecule has 3 rings (SSSR count). The van der Waals surface area contributed by atoms with Crippen molar-refractivity contribution in [3.8, 4) is 9.88 Å². The zero-order chi connectivity index (χ0) is 15.7. The number of nitrogens with one attached hydrogen (secondary N) is 1. The maximum absolute atomic E-state index is 12.8. The number of carbonyl (C=O) groups excluding carboxylic acids is 1. The number of amides is 1. The molecule has 0 spiro atoms. The van der Waals surface area contributed by atoms with Gasteiger partial charge in [0.05, 0.1) is 14.9 Å². The van der Waals surface area contributed by atoms with Gasteiger partial charge in [-0.1, -0.05) is 11.6 Å². The van der Waals surface area contributed by atoms with Gasteiger partial charge >= 0.3 is 0 Å². The van der Waals surface area contributed by atoms with Crippen molar-refractivity contribution in [1.29, 1.82) is 0 Å². The molecule has 118 valence electrons. The predicted molar refractivity (Wildman–Crippen MR) is 93.2 cm³/mol. The summed E-state index contributed by atoms with van der Waals surface area (Å²) < 4.78 is 0.738. The van der Waals surface area contributed by atoms with Crippen molar-refractivity contribution in [3.05, 3.63) is 27.0 Å². The third-order valence-corrected chi connectivity index (χ3v) is 6.50. The Hall–Kier alpha value is -0.950. The maximum atomic E-state index is 12.8. The molecule has 1 amide bonds. The van der Waals surface area contributed by atoms with E-state index in [1.54, 1.807) is 0 Å². The molecule has 0 unspecified atom stereocenters. The van der Waals surface area contributed by atoms with E-state index < -0.39 is 0 Å². The summed E-state index contributed by atoms with van der Waals surface area (Å²) in [5, 5.41) is 4.20. The lowest BCUT2D eigenvalue weighted by Crippen LogP contribution is -2.43. The number of nitrogens with zero attached hydrogens (tertiary/aromatic N) is 2. The summed E-state index contributed by atoms with van der Waals surface area (Å²) in [6.45, 7) is 3.85. The fraction of sp³-hybridized carbons (Fsp3) is 0.467. The van der Waals surface area contributed by atoms with Gasteiger partial charge in [-0.3, -0.25) is 4.79 Å². The Morgan fingerprint density at radius 1 is 1.36 bits per heavy atom. The van der Waals surface area contributed by atoms with Crippen LogP contribution in [-0.2, 0) is 0 Å². The minimum atomic E-state index is 0.0794. The van der Waals surface area contributed by atoms with Crippen LogP contribution in [0.25, 0.3) is 9.88 Å². The number of piperidine rings is 1. The van der Waals surface area contributed by atoms with Crippen LogP contribution in [0, 0.1) is 6.92 Å². The molecule has 2 aromatic rings. The normalized spacial score (nSPS) is 16.0. The second-order valence-electron chi connectivity index (χ2n) is 5.43. The minimum absolute atomic E-state index is 0.0794. The molecule has 1 aliphatic rings. The van der Waals surface area contributed by atoms with Crippen LogP contribution in [0.2, 0.25) is 4.34 Å². The summed E-state index contributed by atoms with van der Waals surface area (Å²) >= 11 is 8.94. The summed E-state index contributed by atoms with van der Waals surface area (Å²) in [7, 11) is 1.90. The van der Waals surface area contributed by atoms with Crippen LogP contribution < -0.4 is 5.32 Å². The highest BCUT2D eigenvalue weighted by molar-refractivity contribution is 7.24. The van der Waals surface area contributed by atoms with Gasteiger partial charge < -0.3 is 10.2 Å². The number of aryl methyl sites for hydroxylation is 1. The van der Waals surface area contributed by atoms with E-state index in [2.05, 4.69) is 10.3 Å². The van der Waals surface area contributed by atoms with E-state index in [9.17, 15) is 4.79 Å². The molecular weight excluding hydrogens is 338 g/mol. The van der Waals surface area contributed by atoms with Crippen molar-refractivity contribution in [2.75, 3.05) is 20.1 Å². The quantitative estimate of drug-likeness (QED) is 0.913. The van der Waals surface area contributed by atoms with Gasteiger partial charge in [0.15, 0.2) is 0 Å². The summed E-state index contributed by atoms with van der Waals surface area (Å²) in [5.74, 6) is 0.0794. The average molecular weight is 356 g/mol. The fourth-order valence-electron chi connectivity index (χ4n) is 2.65. The number of aromatic nitrogens is 1. The van der Waals surface area contributed by atoms with Crippen molar-refractivity contribution < 1.29 is 4.79 Å². The molecule has 0 saturated carbocycles. The number of thiazole rings is 1. The number of halogens is 1. The molecular formula is C15H18ClN3OS2. The monoisotopic (exact) mass is 355 g/mol. The molecule has 0 bridgehead atoms. The zero-order valence-corrected chi connectivity index (χ0v) is 14.9. The molecule has 1 aliphatic heterocycles. The van der Waals surface area contributed by atoms with Crippen LogP contribution in [0.1, 0.15) is 28.2 Å². The van der Waals surface area contributed by atoms with Crippen LogP contribution in [0.4, 0.5) is 0 Å². The standard InChI is InChI=1S/C15H18ClN3OS2/c1-9-13(15(20)19(2)10-5-7-17-8-6-10)22-14(18-9)11-3-4-12(16)21-11/h3-4,10,17H,5-8H2,1-2H3. The average Bonchev–Trinajstić information content (AvgIpc) is 3.12. The van der Waals surface area contributed by atoms with Crippen molar-refractivity contribution in [2.45, 2.75) is 25.8 Å². The van der Waals surface area contributed by atoms with Crippen LogP contribution in [0.5, 0.6) is 0 Å². The summed E-state index contributed by atoms with van der Waals surface area (Å²) in [6.07, 6.45) is 2.01. The largest absolute Gasteiger partial charge is 0.338 e. The molecule has 0 atom stereocenters. The summed E-state index contributed by atoms with van der Waals surface area (Å²) in [6, 6.07) is 4.13. The van der Waals surface area contributed by atoms with Crippen LogP contribution in [0.15, 0.2) is 12.1 Å². The van der Waals surface area contributed by atoms with Gasteiger partial charge in [-0.05, 0) is 45.0 Å². The van der Waals surface area contributed by atoms with Gasteiger partial charge in [0, 0.05) is 13.1 Å². The molecule has 4 nitrogen and oxygen atoms in total. The first-order chi connectivity index (χ1) is 10.6. The van der Waals surface area contributed by atoms with Crippen molar-refractivity contribution in [2.24, 2.45) is 0 Å². The second kappa shape index (κ2) is 6.66. The van der Waals surface area contributed by atoms with E-state index >= 15 is 0 Å². The first-order valence-corrected chi connectivity index (χ1v) is 9.28. The zero-order valence-electron chi connectivity index (χ0n) is 12.6. The van der Waals surface area contributed by atoms with Crippen molar-refractivity contribution in [3.63, 3.8) is 0 Å². The first kappa shape index (κ1) is 15.9. The van der Waals surface area contributed by atoms with Gasteiger partial charge in [0.25, 0.3) is 5.91 Å². The Bertz CT molecular complexity index is 676. The molecule has 22 heavy (non-hydrogen) atoms. The van der Waals surface area contributed by atoms with Gasteiger partial charge in [-0.15, -0.1) is 22.7 Å². The third-order valence-electron chi connectivity index (χ3n) is 3.95. The highest BCUT2D eigenvalue weighted by atomic mass is 35.5. The van der Waals surface area contributed by atoms with Gasteiger partial charge in [-0.25, -0.2) is 4.98 Å². The van der Waals surface area contributed by atoms with E-state index in [1.807, 2.05) is 31.0 Å². The lowest BCUT2D eigenvalue weighted by Gasteiger charge is -2.31. The summed E-state index contributed by atoms with van der Waals surface area (Å²) in [5.41, 5.74) is 0.801. The smallest absolute Gasteiger partial charge is 0.265 e. The van der Waals surface area contributed by atoms with E-state index in [-0.39, 0.29) is 5.91 Å². The second-order valence-corrected chi connectivity index (χ2v) is 8.15. The maximum Gasteiger partial charge on any atom is 0.265 e. The van der Waals surface area contributed by atoms with Crippen molar-refractivity contribution in [1.82, 2.24) is 15.2 Å². The van der Waals surface area contributed by atoms with Crippen LogP contribution >= 0.6 is 34.3 Å². The van der Waals surface area contributed by atoms with E-state index in [4.69, 9.17) is 11.6 Å². The Morgan fingerprint density at radius 2 is 2.09 bits per heavy atom. The number of thiophene rings is 1. The Morgan fingerprint density at radius 3 is 2.73 bits per heavy atom. The molecule has 2 aromatic heterocycles. The number of hydrogen-bond acceptors (Lipinski definition) is 5.